The minimum absolute atomic E-state index is 0.107. The number of nitrogens with one attached hydrogen (secondary N) is 2. The molecule has 0 aliphatic heterocycles. The van der Waals surface area contributed by atoms with Gasteiger partial charge >= 0.3 is 0 Å². The van der Waals surface area contributed by atoms with Gasteiger partial charge in [0.25, 0.3) is 0 Å². The minimum Gasteiger partial charge on any atom is -0.394 e. The molecule has 0 unspecified atom stereocenters. The Balaban J connectivity index is 3.01. The molecule has 0 aromatic heterocycles. The predicted molar refractivity (Wildman–Crippen MR) is 73.5 cm³/mol. The largest absolute Gasteiger partial charge is 0.394 e. The van der Waals surface area contributed by atoms with Crippen molar-refractivity contribution in [3.8, 4) is 0 Å². The monoisotopic (exact) mass is 288 g/mol. The standard InChI is InChI=1S/C12H20N2O4S/c1-2-7-13-19(17,18)12-6-4-3-5-11(12)14-10(8-15)9-16/h3-6,10,13-16H,2,7-9H2,1H3. The van der Waals surface area contributed by atoms with E-state index >= 15 is 0 Å². The summed E-state index contributed by atoms with van der Waals surface area (Å²) in [5, 5.41) is 20.9. The topological polar surface area (TPSA) is 98.7 Å². The molecule has 0 saturated heterocycles. The van der Waals surface area contributed by atoms with Crippen LogP contribution in [-0.4, -0.2) is 44.4 Å². The lowest BCUT2D eigenvalue weighted by Gasteiger charge is -2.18. The fourth-order valence-corrected chi connectivity index (χ4v) is 2.81. The number of benzene rings is 1. The maximum atomic E-state index is 12.1. The van der Waals surface area contributed by atoms with Crippen molar-refractivity contribution in [2.75, 3.05) is 25.1 Å². The molecular weight excluding hydrogens is 268 g/mol. The van der Waals surface area contributed by atoms with Gasteiger partial charge in [-0.3, -0.25) is 0 Å². The zero-order valence-electron chi connectivity index (χ0n) is 10.8. The number of sulfonamides is 1. The molecule has 19 heavy (non-hydrogen) atoms. The van der Waals surface area contributed by atoms with E-state index < -0.39 is 16.1 Å². The van der Waals surface area contributed by atoms with Crippen molar-refractivity contribution in [2.45, 2.75) is 24.3 Å². The summed E-state index contributed by atoms with van der Waals surface area (Å²) in [5.41, 5.74) is 0.360. The molecule has 1 aromatic rings. The van der Waals surface area contributed by atoms with E-state index in [4.69, 9.17) is 10.2 Å². The molecule has 0 radical (unpaired) electrons. The van der Waals surface area contributed by atoms with E-state index in [1.54, 1.807) is 18.2 Å². The third kappa shape index (κ3) is 4.46. The van der Waals surface area contributed by atoms with E-state index in [1.165, 1.54) is 6.07 Å². The van der Waals surface area contributed by atoms with Crippen LogP contribution in [0.3, 0.4) is 0 Å². The third-order valence-electron chi connectivity index (χ3n) is 2.52. The molecule has 1 aromatic carbocycles. The van der Waals surface area contributed by atoms with Crippen molar-refractivity contribution in [3.63, 3.8) is 0 Å². The molecule has 1 rings (SSSR count). The van der Waals surface area contributed by atoms with Crippen LogP contribution in [0.1, 0.15) is 13.3 Å². The van der Waals surface area contributed by atoms with Gasteiger partial charge in [-0.15, -0.1) is 0 Å². The van der Waals surface area contributed by atoms with Gasteiger partial charge in [-0.2, -0.15) is 0 Å². The number of aliphatic hydroxyl groups is 2. The van der Waals surface area contributed by atoms with Gasteiger partial charge in [0.1, 0.15) is 4.90 Å². The second-order valence-electron chi connectivity index (χ2n) is 4.10. The van der Waals surface area contributed by atoms with Gasteiger partial charge in [0.2, 0.25) is 10.0 Å². The average Bonchev–Trinajstić information content (AvgIpc) is 2.43. The summed E-state index contributed by atoms with van der Waals surface area (Å²) in [6.45, 7) is 1.67. The van der Waals surface area contributed by atoms with Crippen LogP contribution in [0.15, 0.2) is 29.2 Å². The Bertz CT molecular complexity index is 486. The smallest absolute Gasteiger partial charge is 0.242 e. The first-order valence-electron chi connectivity index (χ1n) is 6.12. The second-order valence-corrected chi connectivity index (χ2v) is 5.84. The highest BCUT2D eigenvalue weighted by Gasteiger charge is 2.18. The van der Waals surface area contributed by atoms with Crippen LogP contribution in [0.25, 0.3) is 0 Å². The van der Waals surface area contributed by atoms with E-state index in [9.17, 15) is 8.42 Å². The van der Waals surface area contributed by atoms with Gasteiger partial charge in [-0.05, 0) is 18.6 Å². The zero-order chi connectivity index (χ0) is 14.3. The lowest BCUT2D eigenvalue weighted by atomic mass is 10.2. The van der Waals surface area contributed by atoms with Crippen molar-refractivity contribution in [3.05, 3.63) is 24.3 Å². The summed E-state index contributed by atoms with van der Waals surface area (Å²) in [4.78, 5) is 0.107. The number of para-hydroxylation sites is 1. The Morgan fingerprint density at radius 1 is 1.21 bits per heavy atom. The van der Waals surface area contributed by atoms with Crippen LogP contribution in [0.4, 0.5) is 5.69 Å². The lowest BCUT2D eigenvalue weighted by molar-refractivity contribution is 0.203. The summed E-state index contributed by atoms with van der Waals surface area (Å²) in [6, 6.07) is 5.79. The third-order valence-corrected chi connectivity index (χ3v) is 4.04. The number of hydrogen-bond donors (Lipinski definition) is 4. The van der Waals surface area contributed by atoms with Gasteiger partial charge in [0, 0.05) is 6.54 Å². The summed E-state index contributed by atoms with van der Waals surface area (Å²) in [5.74, 6) is 0. The number of aliphatic hydroxyl groups excluding tert-OH is 2. The molecule has 7 heteroatoms. The Morgan fingerprint density at radius 3 is 2.42 bits per heavy atom. The molecular formula is C12H20N2O4S. The highest BCUT2D eigenvalue weighted by molar-refractivity contribution is 7.89. The van der Waals surface area contributed by atoms with Crippen molar-refractivity contribution < 1.29 is 18.6 Å². The summed E-state index contributed by atoms with van der Waals surface area (Å²) >= 11 is 0. The highest BCUT2D eigenvalue weighted by Crippen LogP contribution is 2.21. The van der Waals surface area contributed by atoms with Crippen molar-refractivity contribution in [1.82, 2.24) is 4.72 Å². The normalized spacial score (nSPS) is 11.8. The maximum Gasteiger partial charge on any atom is 0.242 e. The van der Waals surface area contributed by atoms with E-state index in [-0.39, 0.29) is 18.1 Å². The number of anilines is 1. The minimum atomic E-state index is -3.59. The molecule has 0 amide bonds. The van der Waals surface area contributed by atoms with Crippen molar-refractivity contribution in [2.24, 2.45) is 0 Å². The zero-order valence-corrected chi connectivity index (χ0v) is 11.7. The van der Waals surface area contributed by atoms with Crippen LogP contribution in [0.2, 0.25) is 0 Å². The van der Waals surface area contributed by atoms with Crippen LogP contribution >= 0.6 is 0 Å². The lowest BCUT2D eigenvalue weighted by Crippen LogP contribution is -2.30. The van der Waals surface area contributed by atoms with E-state index in [0.717, 1.165) is 0 Å². The summed E-state index contributed by atoms with van der Waals surface area (Å²) in [6.07, 6.45) is 0.699. The first-order valence-corrected chi connectivity index (χ1v) is 7.60. The number of rotatable bonds is 8. The molecule has 0 bridgehead atoms. The van der Waals surface area contributed by atoms with Gasteiger partial charge in [0.15, 0.2) is 0 Å². The quantitative estimate of drug-likeness (QED) is 0.545. The molecule has 0 aliphatic carbocycles. The number of hydrogen-bond acceptors (Lipinski definition) is 5. The van der Waals surface area contributed by atoms with Gasteiger partial charge in [-0.1, -0.05) is 19.1 Å². The van der Waals surface area contributed by atoms with Crippen LogP contribution < -0.4 is 10.0 Å². The SMILES string of the molecule is CCCNS(=O)(=O)c1ccccc1NC(CO)CO. The molecule has 0 spiro atoms. The molecule has 0 saturated carbocycles. The van der Waals surface area contributed by atoms with Gasteiger partial charge in [-0.25, -0.2) is 13.1 Å². The van der Waals surface area contributed by atoms with Gasteiger partial charge in [0.05, 0.1) is 24.9 Å². The Labute approximate surface area is 113 Å². The predicted octanol–water partition coefficient (Wildman–Crippen LogP) is 0.140. The fraction of sp³-hybridized carbons (Fsp3) is 0.500. The molecule has 4 N–H and O–H groups in total. The molecule has 0 fully saturated rings. The van der Waals surface area contributed by atoms with E-state index in [1.807, 2.05) is 6.92 Å². The molecule has 0 atom stereocenters. The highest BCUT2D eigenvalue weighted by atomic mass is 32.2. The maximum absolute atomic E-state index is 12.1. The average molecular weight is 288 g/mol. The van der Waals surface area contributed by atoms with E-state index in [0.29, 0.717) is 18.7 Å². The molecule has 0 heterocycles. The first-order chi connectivity index (χ1) is 9.05. The summed E-state index contributed by atoms with van der Waals surface area (Å²) < 4.78 is 26.7. The Kier molecular flexibility index (Phi) is 6.23. The first kappa shape index (κ1) is 15.9. The second kappa shape index (κ2) is 7.44. The molecule has 0 aliphatic rings. The van der Waals surface area contributed by atoms with Crippen LogP contribution in [0, 0.1) is 0 Å². The molecule has 108 valence electrons. The van der Waals surface area contributed by atoms with Crippen LogP contribution in [-0.2, 0) is 10.0 Å². The van der Waals surface area contributed by atoms with Crippen LogP contribution in [0.5, 0.6) is 0 Å². The van der Waals surface area contributed by atoms with E-state index in [2.05, 4.69) is 10.0 Å². The molecule has 6 nitrogen and oxygen atoms in total. The fourth-order valence-electron chi connectivity index (χ4n) is 1.50. The summed E-state index contributed by atoms with van der Waals surface area (Å²) in [7, 11) is -3.59. The van der Waals surface area contributed by atoms with Crippen molar-refractivity contribution in [1.29, 1.82) is 0 Å². The van der Waals surface area contributed by atoms with Gasteiger partial charge < -0.3 is 15.5 Å². The van der Waals surface area contributed by atoms with Crippen molar-refractivity contribution >= 4 is 15.7 Å². The Hall–Kier alpha value is -1.15. The Morgan fingerprint density at radius 2 is 1.84 bits per heavy atom.